The molecule has 0 amide bonds. The third kappa shape index (κ3) is 1.55. The highest BCUT2D eigenvalue weighted by Gasteiger charge is 2.16. The van der Waals surface area contributed by atoms with Crippen LogP contribution in [0.3, 0.4) is 0 Å². The lowest BCUT2D eigenvalue weighted by atomic mass is 10.2. The maximum absolute atomic E-state index is 5.97. The van der Waals surface area contributed by atoms with Crippen molar-refractivity contribution < 1.29 is 0 Å². The summed E-state index contributed by atoms with van der Waals surface area (Å²) in [6.45, 7) is 1.68. The van der Waals surface area contributed by atoms with Gasteiger partial charge in [0.15, 0.2) is 10.8 Å². The number of aliphatic imine (C=N–C) groups is 1. The van der Waals surface area contributed by atoms with E-state index in [1.807, 2.05) is 12.1 Å². The number of hydrogen-bond donors (Lipinski definition) is 2. The van der Waals surface area contributed by atoms with Crippen molar-refractivity contribution in [3.63, 3.8) is 0 Å². The Balaban J connectivity index is 2.05. The molecule has 0 spiro atoms. The van der Waals surface area contributed by atoms with Crippen LogP contribution in [0.15, 0.2) is 23.5 Å². The number of amidine groups is 1. The molecule has 3 N–H and O–H groups in total. The molecule has 0 bridgehead atoms. The van der Waals surface area contributed by atoms with Gasteiger partial charge in [-0.1, -0.05) is 0 Å². The van der Waals surface area contributed by atoms with E-state index in [-0.39, 0.29) is 0 Å². The van der Waals surface area contributed by atoms with Crippen molar-refractivity contribution >= 4 is 44.1 Å². The molecule has 19 heavy (non-hydrogen) atoms. The third-order valence-electron chi connectivity index (χ3n) is 3.06. The molecule has 0 aliphatic carbocycles. The van der Waals surface area contributed by atoms with Gasteiger partial charge in [-0.3, -0.25) is 4.99 Å². The minimum absolute atomic E-state index is 0.493. The maximum Gasteiger partial charge on any atom is 0.159 e. The van der Waals surface area contributed by atoms with Crippen molar-refractivity contribution in [3.8, 4) is 0 Å². The summed E-state index contributed by atoms with van der Waals surface area (Å²) in [6.07, 6.45) is 1.48. The number of fused-ring (bicyclic) bond motifs is 3. The number of nitrogens with two attached hydrogens (primary N) is 1. The normalized spacial score (nSPS) is 14.8. The fourth-order valence-corrected chi connectivity index (χ4v) is 3.30. The number of thiazole rings is 1. The summed E-state index contributed by atoms with van der Waals surface area (Å²) in [5.74, 6) is 1.36. The molecule has 0 unspecified atom stereocenters. The van der Waals surface area contributed by atoms with E-state index in [4.69, 9.17) is 5.73 Å². The van der Waals surface area contributed by atoms with Gasteiger partial charge in [0.25, 0.3) is 0 Å². The predicted octanol–water partition coefficient (Wildman–Crippen LogP) is 1.17. The highest BCUT2D eigenvalue weighted by Crippen LogP contribution is 2.32. The van der Waals surface area contributed by atoms with Crippen LogP contribution < -0.4 is 11.1 Å². The second-order valence-corrected chi connectivity index (χ2v) is 5.24. The van der Waals surface area contributed by atoms with Gasteiger partial charge in [-0.05, 0) is 12.1 Å². The molecule has 1 aromatic carbocycles. The molecule has 4 rings (SSSR count). The van der Waals surface area contributed by atoms with Crippen LogP contribution in [0.25, 0.3) is 21.1 Å². The van der Waals surface area contributed by atoms with E-state index >= 15 is 0 Å². The number of anilines is 1. The molecule has 94 valence electrons. The molecular formula is C12H10N6S. The van der Waals surface area contributed by atoms with Gasteiger partial charge < -0.3 is 11.1 Å². The smallest absolute Gasteiger partial charge is 0.159 e. The summed E-state index contributed by atoms with van der Waals surface area (Å²) >= 11 is 1.57. The minimum atomic E-state index is 0.493. The Morgan fingerprint density at radius 1 is 1.21 bits per heavy atom. The fourth-order valence-electron chi connectivity index (χ4n) is 2.20. The Morgan fingerprint density at radius 2 is 2.11 bits per heavy atom. The van der Waals surface area contributed by atoms with Crippen LogP contribution in [0.4, 0.5) is 5.82 Å². The molecule has 7 heteroatoms. The van der Waals surface area contributed by atoms with E-state index in [0.29, 0.717) is 5.82 Å². The van der Waals surface area contributed by atoms with E-state index in [2.05, 4.69) is 25.3 Å². The molecule has 6 nitrogen and oxygen atoms in total. The second kappa shape index (κ2) is 3.86. The van der Waals surface area contributed by atoms with Crippen molar-refractivity contribution in [2.24, 2.45) is 4.99 Å². The number of nitrogens with one attached hydrogen (secondary N) is 1. The zero-order valence-corrected chi connectivity index (χ0v) is 10.7. The van der Waals surface area contributed by atoms with Crippen LogP contribution in [0, 0.1) is 0 Å². The number of nitrogens with zero attached hydrogens (tertiary/aromatic N) is 4. The molecule has 0 radical (unpaired) electrons. The zero-order chi connectivity index (χ0) is 12.8. The Kier molecular flexibility index (Phi) is 2.16. The first-order valence-electron chi connectivity index (χ1n) is 5.91. The predicted molar refractivity (Wildman–Crippen MR) is 76.5 cm³/mol. The summed E-state index contributed by atoms with van der Waals surface area (Å²) in [5, 5.41) is 5.00. The van der Waals surface area contributed by atoms with Crippen LogP contribution in [0.2, 0.25) is 0 Å². The minimum Gasteiger partial charge on any atom is -0.383 e. The molecule has 0 saturated carbocycles. The molecule has 2 aromatic heterocycles. The second-order valence-electron chi connectivity index (χ2n) is 4.24. The first-order valence-corrected chi connectivity index (χ1v) is 6.73. The highest BCUT2D eigenvalue weighted by atomic mass is 32.1. The summed E-state index contributed by atoms with van der Waals surface area (Å²) in [6, 6.07) is 3.88. The lowest BCUT2D eigenvalue weighted by Gasteiger charge is -1.99. The largest absolute Gasteiger partial charge is 0.383 e. The zero-order valence-electron chi connectivity index (χ0n) is 9.92. The number of nitrogen functional groups attached to an aromatic ring is 1. The average molecular weight is 270 g/mol. The Morgan fingerprint density at radius 3 is 2.95 bits per heavy atom. The SMILES string of the molecule is Nc1ncnc2ccc3nc(C4=NCCN4)sc3c12. The summed E-state index contributed by atoms with van der Waals surface area (Å²) in [5.41, 5.74) is 7.72. The van der Waals surface area contributed by atoms with Crippen molar-refractivity contribution in [1.82, 2.24) is 20.3 Å². The van der Waals surface area contributed by atoms with E-state index in [0.717, 1.165) is 45.1 Å². The number of hydrogen-bond acceptors (Lipinski definition) is 7. The van der Waals surface area contributed by atoms with E-state index in [1.165, 1.54) is 6.33 Å². The summed E-state index contributed by atoms with van der Waals surface area (Å²) in [7, 11) is 0. The van der Waals surface area contributed by atoms with Crippen LogP contribution in [-0.2, 0) is 0 Å². The van der Waals surface area contributed by atoms with E-state index in [9.17, 15) is 0 Å². The van der Waals surface area contributed by atoms with Crippen LogP contribution in [0.5, 0.6) is 0 Å². The Hall–Kier alpha value is -2.28. The van der Waals surface area contributed by atoms with Crippen LogP contribution >= 0.6 is 11.3 Å². The topological polar surface area (TPSA) is 89.1 Å². The van der Waals surface area contributed by atoms with Gasteiger partial charge in [0.05, 0.1) is 27.7 Å². The molecule has 3 aromatic rings. The Labute approximate surface area is 112 Å². The van der Waals surface area contributed by atoms with Crippen molar-refractivity contribution in [1.29, 1.82) is 0 Å². The molecule has 0 saturated heterocycles. The van der Waals surface area contributed by atoms with Crippen molar-refractivity contribution in [3.05, 3.63) is 23.5 Å². The van der Waals surface area contributed by atoms with Gasteiger partial charge in [0.1, 0.15) is 12.1 Å². The molecule has 1 aliphatic heterocycles. The van der Waals surface area contributed by atoms with E-state index in [1.54, 1.807) is 11.3 Å². The molecule has 3 heterocycles. The van der Waals surface area contributed by atoms with Gasteiger partial charge >= 0.3 is 0 Å². The van der Waals surface area contributed by atoms with Crippen molar-refractivity contribution in [2.45, 2.75) is 0 Å². The first kappa shape index (κ1) is 10.6. The summed E-state index contributed by atoms with van der Waals surface area (Å²) < 4.78 is 1.02. The third-order valence-corrected chi connectivity index (χ3v) is 4.16. The quantitative estimate of drug-likeness (QED) is 0.693. The average Bonchev–Trinajstić information content (AvgIpc) is 3.07. The number of rotatable bonds is 1. The van der Waals surface area contributed by atoms with E-state index < -0.39 is 0 Å². The van der Waals surface area contributed by atoms with Gasteiger partial charge in [-0.15, -0.1) is 11.3 Å². The fraction of sp³-hybridized carbons (Fsp3) is 0.167. The van der Waals surface area contributed by atoms with Gasteiger partial charge in [-0.2, -0.15) is 0 Å². The molecular weight excluding hydrogens is 260 g/mol. The first-order chi connectivity index (χ1) is 9.33. The molecule has 0 atom stereocenters. The number of benzene rings is 1. The standard InChI is InChI=1S/C12H10N6S/c13-10-8-6(16-5-17-10)1-2-7-9(8)19-12(18-7)11-14-3-4-15-11/h1-2,5H,3-4H2,(H,14,15)(H2,13,16,17). The Bertz CT molecular complexity index is 822. The van der Waals surface area contributed by atoms with Crippen LogP contribution in [0.1, 0.15) is 5.01 Å². The molecule has 0 fully saturated rings. The van der Waals surface area contributed by atoms with Gasteiger partial charge in [0, 0.05) is 6.54 Å². The highest BCUT2D eigenvalue weighted by molar-refractivity contribution is 7.21. The number of aromatic nitrogens is 3. The van der Waals surface area contributed by atoms with Gasteiger partial charge in [0.2, 0.25) is 0 Å². The van der Waals surface area contributed by atoms with Crippen molar-refractivity contribution in [2.75, 3.05) is 18.8 Å². The maximum atomic E-state index is 5.97. The van der Waals surface area contributed by atoms with Gasteiger partial charge in [-0.25, -0.2) is 15.0 Å². The lowest BCUT2D eigenvalue weighted by molar-refractivity contribution is 0.959. The van der Waals surface area contributed by atoms with Crippen LogP contribution in [-0.4, -0.2) is 33.9 Å². The molecule has 1 aliphatic rings. The monoisotopic (exact) mass is 270 g/mol. The lowest BCUT2D eigenvalue weighted by Crippen LogP contribution is -2.18. The summed E-state index contributed by atoms with van der Waals surface area (Å²) in [4.78, 5) is 17.3.